The Balaban J connectivity index is 2.20. The van der Waals surface area contributed by atoms with Gasteiger partial charge in [0.1, 0.15) is 5.69 Å². The summed E-state index contributed by atoms with van der Waals surface area (Å²) in [6.07, 6.45) is 1.56. The largest absolute Gasteiger partial charge is 0.296 e. The van der Waals surface area contributed by atoms with Gasteiger partial charge < -0.3 is 0 Å². The van der Waals surface area contributed by atoms with E-state index in [0.717, 1.165) is 23.3 Å². The third-order valence-corrected chi connectivity index (χ3v) is 4.89. The molecule has 5 heteroatoms. The Hall–Kier alpha value is -2.69. The number of imide groups is 1. The van der Waals surface area contributed by atoms with Crippen LogP contribution in [0.2, 0.25) is 0 Å². The average molecular weight is 324 g/mol. The molecule has 0 fully saturated rings. The first-order valence-electron chi connectivity index (χ1n) is 7.99. The molecule has 0 radical (unpaired) electrons. The maximum Gasteiger partial charge on any atom is 0.281 e. The average Bonchev–Trinajstić information content (AvgIpc) is 3.03. The monoisotopic (exact) mass is 324 g/mol. The van der Waals surface area contributed by atoms with Gasteiger partial charge >= 0.3 is 0 Å². The molecule has 0 unspecified atom stereocenters. The molecule has 0 N–H and O–H groups in total. The number of aldehydes is 1. The molecule has 1 aromatic carbocycles. The van der Waals surface area contributed by atoms with Gasteiger partial charge in [-0.2, -0.15) is 5.01 Å². The fourth-order valence-electron chi connectivity index (χ4n) is 3.12. The van der Waals surface area contributed by atoms with Crippen LogP contribution in [-0.4, -0.2) is 22.8 Å². The maximum atomic E-state index is 12.7. The number of benzene rings is 1. The van der Waals surface area contributed by atoms with Crippen LogP contribution >= 0.6 is 0 Å². The topological polar surface area (TPSA) is 59.4 Å². The van der Waals surface area contributed by atoms with Crippen LogP contribution in [-0.2, 0) is 5.41 Å². The summed E-state index contributed by atoms with van der Waals surface area (Å²) in [5.41, 5.74) is 2.38. The molecule has 0 bridgehead atoms. The van der Waals surface area contributed by atoms with Gasteiger partial charge in [0, 0.05) is 5.69 Å². The molecule has 2 aromatic rings. The second-order valence-electron chi connectivity index (χ2n) is 6.72. The van der Waals surface area contributed by atoms with Gasteiger partial charge in [-0.1, -0.05) is 32.9 Å². The van der Waals surface area contributed by atoms with E-state index in [1.54, 1.807) is 31.2 Å². The van der Waals surface area contributed by atoms with E-state index in [0.29, 0.717) is 22.5 Å². The molecular formula is C19H20N2O3. The number of nitrogens with zero attached hydrogens (tertiary/aromatic N) is 2. The third-order valence-electron chi connectivity index (χ3n) is 4.89. The quantitative estimate of drug-likeness (QED) is 0.641. The summed E-state index contributed by atoms with van der Waals surface area (Å²) in [6.45, 7) is 7.93. The highest BCUT2D eigenvalue weighted by Crippen LogP contribution is 2.33. The summed E-state index contributed by atoms with van der Waals surface area (Å²) in [6, 6.07) is 8.60. The highest BCUT2D eigenvalue weighted by Gasteiger charge is 2.39. The number of amides is 2. The van der Waals surface area contributed by atoms with Crippen LogP contribution in [0.5, 0.6) is 0 Å². The Labute approximate surface area is 140 Å². The van der Waals surface area contributed by atoms with Gasteiger partial charge in [0.15, 0.2) is 6.29 Å². The van der Waals surface area contributed by atoms with E-state index in [4.69, 9.17) is 0 Å². The number of carbonyl (C=O) groups is 3. The molecule has 5 nitrogen and oxygen atoms in total. The Morgan fingerprint density at radius 1 is 1.08 bits per heavy atom. The molecular weight excluding hydrogens is 304 g/mol. The van der Waals surface area contributed by atoms with E-state index in [9.17, 15) is 14.4 Å². The minimum atomic E-state index is -0.404. The molecule has 2 amide bonds. The molecule has 0 saturated heterocycles. The summed E-state index contributed by atoms with van der Waals surface area (Å²) in [5, 5.41) is 1.07. The Kier molecular flexibility index (Phi) is 3.67. The van der Waals surface area contributed by atoms with Gasteiger partial charge in [-0.25, -0.2) is 4.68 Å². The molecule has 124 valence electrons. The molecule has 1 aliphatic rings. The van der Waals surface area contributed by atoms with Crippen molar-refractivity contribution in [2.45, 2.75) is 39.5 Å². The molecule has 0 saturated carbocycles. The van der Waals surface area contributed by atoms with Crippen molar-refractivity contribution in [1.29, 1.82) is 0 Å². The zero-order chi connectivity index (χ0) is 17.6. The SMILES string of the molecule is CCC(C)(C)c1cc(C)n(N2C(=O)c3ccccc3C2=O)c1C=O. The number of aromatic nitrogens is 1. The highest BCUT2D eigenvalue weighted by atomic mass is 16.2. The van der Waals surface area contributed by atoms with Gasteiger partial charge in [-0.05, 0) is 42.5 Å². The molecule has 2 heterocycles. The molecule has 0 spiro atoms. The zero-order valence-electron chi connectivity index (χ0n) is 14.3. The minimum absolute atomic E-state index is 0.231. The van der Waals surface area contributed by atoms with E-state index in [1.807, 2.05) is 26.8 Å². The van der Waals surface area contributed by atoms with Crippen molar-refractivity contribution >= 4 is 18.1 Å². The summed E-state index contributed by atoms with van der Waals surface area (Å²) in [7, 11) is 0. The van der Waals surface area contributed by atoms with Crippen LogP contribution in [0, 0.1) is 6.92 Å². The van der Waals surface area contributed by atoms with E-state index >= 15 is 0 Å². The number of aryl methyl sites for hydroxylation is 1. The Morgan fingerprint density at radius 2 is 1.62 bits per heavy atom. The van der Waals surface area contributed by atoms with Crippen molar-refractivity contribution in [1.82, 2.24) is 4.68 Å². The number of rotatable bonds is 4. The van der Waals surface area contributed by atoms with Crippen molar-refractivity contribution in [3.63, 3.8) is 0 Å². The summed E-state index contributed by atoms with van der Waals surface area (Å²) in [4.78, 5) is 37.2. The van der Waals surface area contributed by atoms with Gasteiger partial charge in [0.25, 0.3) is 11.8 Å². The first kappa shape index (κ1) is 16.2. The minimum Gasteiger partial charge on any atom is -0.296 e. The van der Waals surface area contributed by atoms with E-state index < -0.39 is 11.8 Å². The van der Waals surface area contributed by atoms with Crippen LogP contribution in [0.3, 0.4) is 0 Å². The van der Waals surface area contributed by atoms with Crippen LogP contribution in [0.1, 0.15) is 69.7 Å². The Bertz CT molecular complexity index is 826. The van der Waals surface area contributed by atoms with Crippen molar-refractivity contribution < 1.29 is 14.4 Å². The Morgan fingerprint density at radius 3 is 2.08 bits per heavy atom. The van der Waals surface area contributed by atoms with Crippen LogP contribution in [0.15, 0.2) is 30.3 Å². The first-order valence-corrected chi connectivity index (χ1v) is 7.99. The van der Waals surface area contributed by atoms with Crippen molar-refractivity contribution in [3.8, 4) is 0 Å². The normalized spacial score (nSPS) is 14.2. The zero-order valence-corrected chi connectivity index (χ0v) is 14.3. The van der Waals surface area contributed by atoms with Crippen LogP contribution in [0.4, 0.5) is 0 Å². The fourth-order valence-corrected chi connectivity index (χ4v) is 3.12. The maximum absolute atomic E-state index is 12.7. The fraction of sp³-hybridized carbons (Fsp3) is 0.316. The molecule has 3 rings (SSSR count). The van der Waals surface area contributed by atoms with E-state index in [2.05, 4.69) is 0 Å². The molecule has 1 aliphatic heterocycles. The predicted molar refractivity (Wildman–Crippen MR) is 91.2 cm³/mol. The molecule has 0 atom stereocenters. The van der Waals surface area contributed by atoms with E-state index in [1.165, 1.54) is 4.68 Å². The number of hydrogen-bond acceptors (Lipinski definition) is 3. The van der Waals surface area contributed by atoms with Crippen molar-refractivity contribution in [3.05, 3.63) is 58.4 Å². The smallest absolute Gasteiger partial charge is 0.281 e. The van der Waals surface area contributed by atoms with Gasteiger partial charge in [-0.3, -0.25) is 14.4 Å². The number of fused-ring (bicyclic) bond motifs is 1. The predicted octanol–water partition coefficient (Wildman–Crippen LogP) is 3.23. The highest BCUT2D eigenvalue weighted by molar-refractivity contribution is 6.30. The second-order valence-corrected chi connectivity index (χ2v) is 6.72. The standard InChI is InChI=1S/C19H20N2O3/c1-5-19(3,4)15-10-12(2)20(16(15)11-22)21-17(23)13-8-6-7-9-14(13)18(21)24/h6-11H,5H2,1-4H3. The van der Waals surface area contributed by atoms with E-state index in [-0.39, 0.29) is 5.41 Å². The number of hydrogen-bond donors (Lipinski definition) is 0. The lowest BCUT2D eigenvalue weighted by Crippen LogP contribution is -2.41. The first-order chi connectivity index (χ1) is 11.3. The molecule has 0 aliphatic carbocycles. The van der Waals surface area contributed by atoms with Crippen LogP contribution in [0.25, 0.3) is 0 Å². The number of carbonyl (C=O) groups excluding carboxylic acids is 3. The van der Waals surface area contributed by atoms with Crippen molar-refractivity contribution in [2.24, 2.45) is 0 Å². The summed E-state index contributed by atoms with van der Waals surface area (Å²) >= 11 is 0. The molecule has 1 aromatic heterocycles. The summed E-state index contributed by atoms with van der Waals surface area (Å²) < 4.78 is 1.45. The molecule has 24 heavy (non-hydrogen) atoms. The van der Waals surface area contributed by atoms with Crippen molar-refractivity contribution in [2.75, 3.05) is 5.01 Å². The van der Waals surface area contributed by atoms with Crippen LogP contribution < -0.4 is 5.01 Å². The lowest BCUT2D eigenvalue weighted by atomic mass is 9.82. The summed E-state index contributed by atoms with van der Waals surface area (Å²) in [5.74, 6) is -0.809. The lowest BCUT2D eigenvalue weighted by molar-refractivity contribution is 0.0883. The van der Waals surface area contributed by atoms with Gasteiger partial charge in [0.2, 0.25) is 0 Å². The van der Waals surface area contributed by atoms with Gasteiger partial charge in [0.05, 0.1) is 11.1 Å². The third kappa shape index (κ3) is 2.12. The second kappa shape index (κ2) is 5.44. The lowest BCUT2D eigenvalue weighted by Gasteiger charge is -2.24. The van der Waals surface area contributed by atoms with Gasteiger partial charge in [-0.15, -0.1) is 0 Å².